The number of aromatic nitrogens is 4. The molecule has 12 aromatic carbocycles. The van der Waals surface area contributed by atoms with Crippen LogP contribution in [0, 0.1) is 0 Å². The van der Waals surface area contributed by atoms with Gasteiger partial charge in [-0.2, -0.15) is 0 Å². The van der Waals surface area contributed by atoms with Crippen LogP contribution in [0.15, 0.2) is 291 Å². The molecule has 0 N–H and O–H groups in total. The van der Waals surface area contributed by atoms with E-state index in [4.69, 9.17) is 0 Å². The van der Waals surface area contributed by atoms with E-state index in [0.29, 0.717) is 0 Å². The number of fused-ring (bicyclic) bond motifs is 12. The molecule has 4 heterocycles. The summed E-state index contributed by atoms with van der Waals surface area (Å²) in [5.74, 6) is 0. The summed E-state index contributed by atoms with van der Waals surface area (Å²) in [7, 11) is 0. The second-order valence-electron chi connectivity index (χ2n) is 20.4. The molecule has 360 valence electrons. The summed E-state index contributed by atoms with van der Waals surface area (Å²) in [4.78, 5) is 0. The second-order valence-corrected chi connectivity index (χ2v) is 20.4. The number of benzene rings is 12. The highest BCUT2D eigenvalue weighted by Gasteiger charge is 2.39. The van der Waals surface area contributed by atoms with Crippen LogP contribution in [-0.4, -0.2) is 18.3 Å². The fraction of sp³-hybridized carbons (Fsp3) is 0.0137. The van der Waals surface area contributed by atoms with Gasteiger partial charge in [-0.3, -0.25) is 0 Å². The van der Waals surface area contributed by atoms with E-state index >= 15 is 0 Å². The van der Waals surface area contributed by atoms with Crippen molar-refractivity contribution >= 4 is 87.2 Å². The van der Waals surface area contributed by atoms with Crippen LogP contribution in [0.5, 0.6) is 0 Å². The van der Waals surface area contributed by atoms with E-state index in [1.165, 1.54) is 109 Å². The maximum atomic E-state index is 2.41. The molecule has 0 saturated carbocycles. The zero-order valence-corrected chi connectivity index (χ0v) is 42.0. The van der Waals surface area contributed by atoms with Crippen LogP contribution in [0.1, 0.15) is 22.3 Å². The summed E-state index contributed by atoms with van der Waals surface area (Å²) in [6.07, 6.45) is 0. The molecule has 0 bridgehead atoms. The van der Waals surface area contributed by atoms with E-state index in [-0.39, 0.29) is 0 Å². The lowest BCUT2D eigenvalue weighted by Crippen LogP contribution is -2.31. The van der Waals surface area contributed by atoms with Crippen LogP contribution in [0.2, 0.25) is 0 Å². The topological polar surface area (TPSA) is 19.7 Å². The Bertz CT molecular complexity index is 4100. The van der Waals surface area contributed by atoms with Gasteiger partial charge in [0.05, 0.1) is 49.5 Å². The molecule has 4 heteroatoms. The van der Waals surface area contributed by atoms with Crippen molar-refractivity contribution in [1.82, 2.24) is 18.3 Å². The van der Waals surface area contributed by atoms with Gasteiger partial charge < -0.3 is 18.3 Å². The van der Waals surface area contributed by atoms with Gasteiger partial charge in [0.1, 0.15) is 0 Å². The van der Waals surface area contributed by atoms with Crippen LogP contribution < -0.4 is 0 Å². The fourth-order valence-corrected chi connectivity index (χ4v) is 13.2. The van der Waals surface area contributed by atoms with E-state index in [1.807, 2.05) is 0 Å². The monoisotopic (exact) mass is 980 g/mol. The standard InChI is InChI=1S/C73H48N4/c1-9-25-65-57(17-1)58-18-2-10-26-66(58)74(65)53-41-33-49(34-42-53)73(50-35-43-54(44-36-50)75-67-27-11-3-19-59(67)60-20-4-12-28-68(60)75,51-37-45-55(46-38-51)76-69-29-13-5-21-61(69)62-22-6-14-30-70(62)76)52-39-47-56(48-40-52)77-71-31-15-7-23-63(71)64-24-8-16-32-72(64)77/h1-48H. The largest absolute Gasteiger partial charge is 0.309 e. The van der Waals surface area contributed by atoms with Crippen molar-refractivity contribution < 1.29 is 0 Å². The predicted octanol–water partition coefficient (Wildman–Crippen LogP) is 18.5. The van der Waals surface area contributed by atoms with Crippen LogP contribution in [0.4, 0.5) is 0 Å². The smallest absolute Gasteiger partial charge is 0.0701 e. The van der Waals surface area contributed by atoms with Crippen molar-refractivity contribution in [2.75, 3.05) is 0 Å². The third-order valence-corrected chi connectivity index (χ3v) is 16.6. The number of nitrogens with zero attached hydrogens (tertiary/aromatic N) is 4. The Labute approximate surface area is 444 Å². The Morgan fingerprint density at radius 2 is 0.299 bits per heavy atom. The first-order valence-corrected chi connectivity index (χ1v) is 26.6. The van der Waals surface area contributed by atoms with Crippen molar-refractivity contribution in [3.05, 3.63) is 313 Å². The number of rotatable bonds is 8. The molecule has 0 aliphatic carbocycles. The van der Waals surface area contributed by atoms with Gasteiger partial charge in [-0.25, -0.2) is 0 Å². The molecular weight excluding hydrogens is 933 g/mol. The average Bonchev–Trinajstić information content (AvgIpc) is 4.34. The fourth-order valence-electron chi connectivity index (χ4n) is 13.2. The number of hydrogen-bond acceptors (Lipinski definition) is 0. The van der Waals surface area contributed by atoms with Crippen molar-refractivity contribution in [2.45, 2.75) is 5.41 Å². The molecule has 0 atom stereocenters. The van der Waals surface area contributed by atoms with Gasteiger partial charge in [0.25, 0.3) is 0 Å². The molecule has 0 spiro atoms. The molecule has 0 aliphatic rings. The van der Waals surface area contributed by atoms with Gasteiger partial charge in [0.2, 0.25) is 0 Å². The lowest BCUT2D eigenvalue weighted by molar-refractivity contribution is 0.743. The van der Waals surface area contributed by atoms with E-state index in [9.17, 15) is 0 Å². The van der Waals surface area contributed by atoms with E-state index in [0.717, 1.165) is 22.7 Å². The van der Waals surface area contributed by atoms with Crippen molar-refractivity contribution in [3.8, 4) is 22.7 Å². The number of para-hydroxylation sites is 8. The molecular formula is C73H48N4. The Morgan fingerprint density at radius 1 is 0.156 bits per heavy atom. The first kappa shape index (κ1) is 43.3. The molecule has 77 heavy (non-hydrogen) atoms. The number of hydrogen-bond donors (Lipinski definition) is 0. The Morgan fingerprint density at radius 3 is 0.455 bits per heavy atom. The maximum Gasteiger partial charge on any atom is 0.0701 e. The van der Waals surface area contributed by atoms with Crippen molar-refractivity contribution in [3.63, 3.8) is 0 Å². The average molecular weight is 981 g/mol. The highest BCUT2D eigenvalue weighted by molar-refractivity contribution is 6.12. The van der Waals surface area contributed by atoms with Crippen LogP contribution in [0.25, 0.3) is 110 Å². The Kier molecular flexibility index (Phi) is 9.52. The summed E-state index contributed by atoms with van der Waals surface area (Å²) < 4.78 is 9.66. The first-order valence-electron chi connectivity index (χ1n) is 26.6. The summed E-state index contributed by atoms with van der Waals surface area (Å²) in [6.45, 7) is 0. The van der Waals surface area contributed by atoms with Gasteiger partial charge in [0, 0.05) is 65.8 Å². The summed E-state index contributed by atoms with van der Waals surface area (Å²) in [5.41, 5.74) is 17.9. The Hall–Kier alpha value is -10.2. The molecule has 4 nitrogen and oxygen atoms in total. The molecule has 0 aliphatic heterocycles. The lowest BCUT2D eigenvalue weighted by atomic mass is 9.65. The van der Waals surface area contributed by atoms with Crippen molar-refractivity contribution in [1.29, 1.82) is 0 Å². The van der Waals surface area contributed by atoms with Gasteiger partial charge in [0.15, 0.2) is 0 Å². The van der Waals surface area contributed by atoms with Crippen LogP contribution >= 0.6 is 0 Å². The van der Waals surface area contributed by atoms with Crippen molar-refractivity contribution in [2.24, 2.45) is 0 Å². The van der Waals surface area contributed by atoms with Gasteiger partial charge in [-0.1, -0.05) is 194 Å². The third-order valence-electron chi connectivity index (χ3n) is 16.6. The van der Waals surface area contributed by atoms with Gasteiger partial charge in [-0.05, 0) is 119 Å². The van der Waals surface area contributed by atoms with Gasteiger partial charge in [-0.15, -0.1) is 0 Å². The SMILES string of the molecule is c1ccc2c(c1)c1ccccc1n2-c1ccc(C(c2ccc(-n3c4ccccc4c4ccccc43)cc2)(c2ccc(-n3c4ccccc4c4ccccc43)cc2)c2ccc(-n3c4ccccc4c4ccccc43)cc2)cc1. The molecule has 16 aromatic rings. The molecule has 0 fully saturated rings. The summed E-state index contributed by atoms with van der Waals surface area (Å²) in [5, 5.41) is 9.97. The van der Waals surface area contributed by atoms with E-state index in [2.05, 4.69) is 309 Å². The lowest BCUT2D eigenvalue weighted by Gasteiger charge is -2.37. The molecule has 0 amide bonds. The van der Waals surface area contributed by atoms with Crippen LogP contribution in [-0.2, 0) is 5.41 Å². The minimum absolute atomic E-state index is 0.780. The second kappa shape index (κ2) is 16.9. The minimum atomic E-state index is -0.780. The highest BCUT2D eigenvalue weighted by atomic mass is 15.0. The zero-order chi connectivity index (χ0) is 50.6. The third kappa shape index (κ3) is 6.33. The summed E-state index contributed by atoms with van der Waals surface area (Å²) >= 11 is 0. The van der Waals surface area contributed by atoms with Gasteiger partial charge >= 0.3 is 0 Å². The Balaban J connectivity index is 0.950. The molecule has 0 saturated heterocycles. The normalized spacial score (nSPS) is 12.2. The molecule has 16 rings (SSSR count). The quantitative estimate of drug-likeness (QED) is 0.135. The molecule has 0 unspecified atom stereocenters. The first-order chi connectivity index (χ1) is 38.2. The van der Waals surface area contributed by atoms with Crippen LogP contribution in [0.3, 0.4) is 0 Å². The molecule has 4 aromatic heterocycles. The molecule has 0 radical (unpaired) electrons. The van der Waals surface area contributed by atoms with E-state index < -0.39 is 5.41 Å². The maximum absolute atomic E-state index is 2.41. The zero-order valence-electron chi connectivity index (χ0n) is 42.0. The minimum Gasteiger partial charge on any atom is -0.309 e. The van der Waals surface area contributed by atoms with E-state index in [1.54, 1.807) is 0 Å². The summed E-state index contributed by atoms with van der Waals surface area (Å²) in [6, 6.07) is 108. The highest BCUT2D eigenvalue weighted by Crippen LogP contribution is 2.48. The predicted molar refractivity (Wildman–Crippen MR) is 322 cm³/mol.